The minimum Gasteiger partial charge on any atom is -0.484 e. The molecule has 1 saturated heterocycles. The molecule has 2 N–H and O–H groups in total. The Kier molecular flexibility index (Phi) is 4.96. The Labute approximate surface area is 168 Å². The second kappa shape index (κ2) is 7.58. The number of carboxylic acids is 1. The van der Waals surface area contributed by atoms with Gasteiger partial charge >= 0.3 is 5.97 Å². The summed E-state index contributed by atoms with van der Waals surface area (Å²) >= 11 is 0. The molecule has 4 rings (SSSR count). The number of carboxylic acid groups (broad SMARTS) is 1. The number of imidazole rings is 1. The van der Waals surface area contributed by atoms with Crippen LogP contribution >= 0.6 is 0 Å². The van der Waals surface area contributed by atoms with Crippen molar-refractivity contribution in [1.29, 1.82) is 0 Å². The Morgan fingerprint density at radius 3 is 2.48 bits per heavy atom. The fraction of sp³-hybridized carbons (Fsp3) is 0.318. The van der Waals surface area contributed by atoms with Crippen LogP contribution in [-0.2, 0) is 4.79 Å². The van der Waals surface area contributed by atoms with Crippen molar-refractivity contribution in [1.82, 2.24) is 14.9 Å². The molecule has 0 aliphatic carbocycles. The number of aromatic carboxylic acids is 1. The van der Waals surface area contributed by atoms with Gasteiger partial charge in [0.1, 0.15) is 11.6 Å². The topological polar surface area (TPSA) is 95.5 Å². The van der Waals surface area contributed by atoms with E-state index < -0.39 is 5.97 Å². The zero-order valence-corrected chi connectivity index (χ0v) is 16.5. The van der Waals surface area contributed by atoms with Gasteiger partial charge in [0.15, 0.2) is 6.61 Å². The van der Waals surface area contributed by atoms with Gasteiger partial charge in [0.25, 0.3) is 5.91 Å². The van der Waals surface area contributed by atoms with Gasteiger partial charge in [0.2, 0.25) is 0 Å². The molecule has 7 heteroatoms. The lowest BCUT2D eigenvalue weighted by atomic mass is 10.0. The molecule has 0 bridgehead atoms. The molecule has 1 aliphatic rings. The van der Waals surface area contributed by atoms with Crippen LogP contribution in [0.3, 0.4) is 0 Å². The van der Waals surface area contributed by atoms with Crippen molar-refractivity contribution in [3.8, 4) is 17.1 Å². The van der Waals surface area contributed by atoms with Crippen LogP contribution in [-0.4, -0.2) is 51.5 Å². The molecule has 2 heterocycles. The Balaban J connectivity index is 1.57. The molecular weight excluding hydrogens is 370 g/mol. The van der Waals surface area contributed by atoms with Crippen LogP contribution in [0.25, 0.3) is 22.4 Å². The Morgan fingerprint density at radius 1 is 1.14 bits per heavy atom. The van der Waals surface area contributed by atoms with Gasteiger partial charge in [-0.05, 0) is 68.1 Å². The number of aromatic nitrogens is 2. The van der Waals surface area contributed by atoms with Gasteiger partial charge in [-0.2, -0.15) is 0 Å². The number of nitrogens with one attached hydrogen (secondary N) is 1. The number of rotatable bonds is 5. The summed E-state index contributed by atoms with van der Waals surface area (Å²) in [6.45, 7) is 5.60. The van der Waals surface area contributed by atoms with Crippen LogP contribution in [0, 0.1) is 13.8 Å². The van der Waals surface area contributed by atoms with Crippen LogP contribution in [0.5, 0.6) is 5.75 Å². The molecule has 0 spiro atoms. The number of aryl methyl sites for hydroxylation is 2. The number of hydrogen-bond acceptors (Lipinski definition) is 4. The molecule has 0 radical (unpaired) electrons. The van der Waals surface area contributed by atoms with Crippen LogP contribution in [0.15, 0.2) is 30.3 Å². The second-order valence-electron chi connectivity index (χ2n) is 7.43. The summed E-state index contributed by atoms with van der Waals surface area (Å²) in [5.41, 5.74) is 4.47. The van der Waals surface area contributed by atoms with Crippen molar-refractivity contribution in [2.24, 2.45) is 0 Å². The van der Waals surface area contributed by atoms with Crippen molar-refractivity contribution < 1.29 is 19.4 Å². The number of carbonyl (C=O) groups excluding carboxylic acids is 1. The second-order valence-corrected chi connectivity index (χ2v) is 7.43. The van der Waals surface area contributed by atoms with Gasteiger partial charge in [-0.3, -0.25) is 4.79 Å². The van der Waals surface area contributed by atoms with Crippen LogP contribution in [0.1, 0.15) is 34.3 Å². The Hall–Kier alpha value is -3.35. The summed E-state index contributed by atoms with van der Waals surface area (Å²) in [5, 5.41) is 9.17. The van der Waals surface area contributed by atoms with Crippen molar-refractivity contribution in [3.63, 3.8) is 0 Å². The number of fused-ring (bicyclic) bond motifs is 1. The van der Waals surface area contributed by atoms with E-state index in [4.69, 9.17) is 4.74 Å². The highest BCUT2D eigenvalue weighted by molar-refractivity contribution is 5.93. The number of ether oxygens (including phenoxy) is 1. The maximum absolute atomic E-state index is 12.2. The van der Waals surface area contributed by atoms with E-state index in [0.717, 1.165) is 42.6 Å². The quantitative estimate of drug-likeness (QED) is 0.691. The maximum atomic E-state index is 12.2. The summed E-state index contributed by atoms with van der Waals surface area (Å²) in [6.07, 6.45) is 2.12. The molecular formula is C22H23N3O4. The zero-order chi connectivity index (χ0) is 20.5. The molecule has 3 aromatic rings. The number of benzene rings is 2. The highest BCUT2D eigenvalue weighted by Crippen LogP contribution is 2.31. The molecule has 1 aliphatic heterocycles. The van der Waals surface area contributed by atoms with E-state index >= 15 is 0 Å². The summed E-state index contributed by atoms with van der Waals surface area (Å²) in [4.78, 5) is 33.1. The molecule has 1 aromatic heterocycles. The number of aromatic amines is 1. The summed E-state index contributed by atoms with van der Waals surface area (Å²) < 4.78 is 5.75. The van der Waals surface area contributed by atoms with Crippen molar-refractivity contribution >= 4 is 22.9 Å². The average molecular weight is 393 g/mol. The summed E-state index contributed by atoms with van der Waals surface area (Å²) in [5.74, 6) is 0.381. The lowest BCUT2D eigenvalue weighted by Crippen LogP contribution is -2.32. The van der Waals surface area contributed by atoms with Gasteiger partial charge in [-0.25, -0.2) is 9.78 Å². The first-order chi connectivity index (χ1) is 13.9. The third kappa shape index (κ3) is 3.81. The molecule has 0 saturated carbocycles. The number of nitrogens with zero attached hydrogens (tertiary/aromatic N) is 2. The first-order valence-electron chi connectivity index (χ1n) is 9.67. The predicted molar refractivity (Wildman–Crippen MR) is 109 cm³/mol. The van der Waals surface area contributed by atoms with E-state index in [9.17, 15) is 14.7 Å². The van der Waals surface area contributed by atoms with Crippen LogP contribution < -0.4 is 4.74 Å². The average Bonchev–Trinajstić information content (AvgIpc) is 3.34. The zero-order valence-electron chi connectivity index (χ0n) is 16.5. The number of carbonyl (C=O) groups is 2. The normalized spacial score (nSPS) is 13.8. The molecule has 150 valence electrons. The first kappa shape index (κ1) is 19.0. The SMILES string of the molecule is Cc1cc(OCC(=O)N2CCCC2)cc(C)c1-c1nc2ccc(C(=O)O)cc2[nH]1. The minimum atomic E-state index is -0.972. The smallest absolute Gasteiger partial charge is 0.335 e. The lowest BCUT2D eigenvalue weighted by molar-refractivity contribution is -0.132. The molecule has 29 heavy (non-hydrogen) atoms. The van der Waals surface area contributed by atoms with Gasteiger partial charge in [0.05, 0.1) is 16.6 Å². The fourth-order valence-electron chi connectivity index (χ4n) is 3.84. The van der Waals surface area contributed by atoms with E-state index in [0.29, 0.717) is 22.6 Å². The Morgan fingerprint density at radius 2 is 1.83 bits per heavy atom. The number of amides is 1. The van der Waals surface area contributed by atoms with Crippen molar-refractivity contribution in [2.75, 3.05) is 19.7 Å². The largest absolute Gasteiger partial charge is 0.484 e. The Bertz CT molecular complexity index is 1070. The first-order valence-corrected chi connectivity index (χ1v) is 9.67. The van der Waals surface area contributed by atoms with Gasteiger partial charge < -0.3 is 19.7 Å². The van der Waals surface area contributed by atoms with E-state index in [2.05, 4.69) is 9.97 Å². The predicted octanol–water partition coefficient (Wildman–Crippen LogP) is 3.55. The highest BCUT2D eigenvalue weighted by Gasteiger charge is 2.19. The molecule has 1 amide bonds. The summed E-state index contributed by atoms with van der Waals surface area (Å²) in [6, 6.07) is 8.62. The van der Waals surface area contributed by atoms with Crippen LogP contribution in [0.2, 0.25) is 0 Å². The van der Waals surface area contributed by atoms with Crippen molar-refractivity contribution in [3.05, 3.63) is 47.0 Å². The van der Waals surface area contributed by atoms with Gasteiger partial charge in [0, 0.05) is 18.7 Å². The highest BCUT2D eigenvalue weighted by atomic mass is 16.5. The summed E-state index contributed by atoms with van der Waals surface area (Å²) in [7, 11) is 0. The van der Waals surface area contributed by atoms with E-state index in [1.165, 1.54) is 0 Å². The molecule has 1 fully saturated rings. The van der Waals surface area contributed by atoms with E-state index in [-0.39, 0.29) is 18.1 Å². The third-order valence-corrected chi connectivity index (χ3v) is 5.29. The maximum Gasteiger partial charge on any atom is 0.335 e. The molecule has 2 aromatic carbocycles. The fourth-order valence-corrected chi connectivity index (χ4v) is 3.84. The lowest BCUT2D eigenvalue weighted by Gasteiger charge is -2.16. The van der Waals surface area contributed by atoms with E-state index in [1.807, 2.05) is 30.9 Å². The monoisotopic (exact) mass is 393 g/mol. The van der Waals surface area contributed by atoms with Crippen molar-refractivity contribution in [2.45, 2.75) is 26.7 Å². The number of H-pyrrole nitrogens is 1. The third-order valence-electron chi connectivity index (χ3n) is 5.29. The molecule has 7 nitrogen and oxygen atoms in total. The number of likely N-dealkylation sites (tertiary alicyclic amines) is 1. The van der Waals surface area contributed by atoms with Gasteiger partial charge in [-0.15, -0.1) is 0 Å². The number of hydrogen-bond donors (Lipinski definition) is 2. The standard InChI is InChI=1S/C22H23N3O4/c1-13-9-16(29-12-19(26)25-7-3-4-8-25)10-14(2)20(13)21-23-17-6-5-15(22(27)28)11-18(17)24-21/h5-6,9-11H,3-4,7-8,12H2,1-2H3,(H,23,24)(H,27,28). The minimum absolute atomic E-state index is 0.0217. The van der Waals surface area contributed by atoms with Crippen LogP contribution in [0.4, 0.5) is 0 Å². The molecule has 0 atom stereocenters. The van der Waals surface area contributed by atoms with Gasteiger partial charge in [-0.1, -0.05) is 0 Å². The molecule has 0 unspecified atom stereocenters. The van der Waals surface area contributed by atoms with E-state index in [1.54, 1.807) is 18.2 Å².